The number of likely N-dealkylation sites (N-methyl/N-ethyl adjacent to an activating group) is 1. The van der Waals surface area contributed by atoms with E-state index in [0.29, 0.717) is 13.1 Å². The van der Waals surface area contributed by atoms with E-state index in [9.17, 15) is 13.2 Å². The van der Waals surface area contributed by atoms with Crippen LogP contribution in [0.1, 0.15) is 45.7 Å². The minimum Gasteiger partial charge on any atom is -0.311 e. The van der Waals surface area contributed by atoms with Gasteiger partial charge >= 0.3 is 0 Å². The van der Waals surface area contributed by atoms with Gasteiger partial charge in [0.25, 0.3) is 0 Å². The summed E-state index contributed by atoms with van der Waals surface area (Å²) >= 11 is 0. The van der Waals surface area contributed by atoms with Gasteiger partial charge in [-0.25, -0.2) is 13.1 Å². The van der Waals surface area contributed by atoms with Crippen molar-refractivity contribution >= 4 is 21.6 Å². The van der Waals surface area contributed by atoms with E-state index >= 15 is 0 Å². The molecule has 0 aromatic heterocycles. The van der Waals surface area contributed by atoms with Gasteiger partial charge in [0.05, 0.1) is 16.0 Å². The molecule has 0 atom stereocenters. The number of rotatable bonds is 5. The average Bonchev–Trinajstić information content (AvgIpc) is 2.65. The summed E-state index contributed by atoms with van der Waals surface area (Å²) in [5.41, 5.74) is 1.74. The molecule has 1 aromatic carbocycles. The van der Waals surface area contributed by atoms with Gasteiger partial charge in [-0.1, -0.05) is 13.8 Å². The van der Waals surface area contributed by atoms with Crippen LogP contribution >= 0.6 is 0 Å². The SMILES string of the molecule is CCN1C(=O)C(C)(C)c2cc(S(=O)(=O)NCC(C)C)cc(C)c21. The first-order chi connectivity index (χ1) is 10.5. The zero-order valence-electron chi connectivity index (χ0n) is 14.7. The minimum absolute atomic E-state index is 0.0165. The molecule has 0 saturated heterocycles. The Morgan fingerprint density at radius 3 is 2.39 bits per heavy atom. The van der Waals surface area contributed by atoms with Crippen molar-refractivity contribution in [3.05, 3.63) is 23.3 Å². The zero-order chi connectivity index (χ0) is 17.6. The molecule has 1 aromatic rings. The summed E-state index contributed by atoms with van der Waals surface area (Å²) in [6, 6.07) is 3.30. The van der Waals surface area contributed by atoms with Crippen molar-refractivity contribution < 1.29 is 13.2 Å². The molecule has 1 aliphatic heterocycles. The van der Waals surface area contributed by atoms with Crippen molar-refractivity contribution in [3.8, 4) is 0 Å². The lowest BCUT2D eigenvalue weighted by Gasteiger charge is -2.18. The topological polar surface area (TPSA) is 66.5 Å². The number of fused-ring (bicyclic) bond motifs is 1. The molecule has 0 aliphatic carbocycles. The molecule has 0 saturated carbocycles. The first kappa shape index (κ1) is 17.9. The van der Waals surface area contributed by atoms with E-state index in [-0.39, 0.29) is 16.7 Å². The van der Waals surface area contributed by atoms with E-state index in [1.54, 1.807) is 17.0 Å². The maximum Gasteiger partial charge on any atom is 0.240 e. The fourth-order valence-corrected chi connectivity index (χ4v) is 4.28. The van der Waals surface area contributed by atoms with Crippen molar-refractivity contribution in [2.75, 3.05) is 18.0 Å². The second kappa shape index (κ2) is 5.91. The largest absolute Gasteiger partial charge is 0.311 e. The van der Waals surface area contributed by atoms with Gasteiger partial charge in [0.2, 0.25) is 15.9 Å². The zero-order valence-corrected chi connectivity index (χ0v) is 15.5. The van der Waals surface area contributed by atoms with Crippen LogP contribution in [0.3, 0.4) is 0 Å². The number of carbonyl (C=O) groups excluding carboxylic acids is 1. The first-order valence-electron chi connectivity index (χ1n) is 7.99. The number of hydrogen-bond donors (Lipinski definition) is 1. The molecular formula is C17H26N2O3S. The Morgan fingerprint density at radius 1 is 1.26 bits per heavy atom. The predicted molar refractivity (Wildman–Crippen MR) is 92.3 cm³/mol. The average molecular weight is 338 g/mol. The van der Waals surface area contributed by atoms with Crippen LogP contribution in [-0.4, -0.2) is 27.4 Å². The summed E-state index contributed by atoms with van der Waals surface area (Å²) in [4.78, 5) is 14.6. The minimum atomic E-state index is -3.57. The van der Waals surface area contributed by atoms with E-state index in [0.717, 1.165) is 16.8 Å². The van der Waals surface area contributed by atoms with Gasteiger partial charge in [-0.3, -0.25) is 4.79 Å². The van der Waals surface area contributed by atoms with Crippen molar-refractivity contribution in [2.45, 2.75) is 51.9 Å². The van der Waals surface area contributed by atoms with Crippen molar-refractivity contribution in [1.82, 2.24) is 4.72 Å². The lowest BCUT2D eigenvalue weighted by molar-refractivity contribution is -0.122. The molecule has 1 N–H and O–H groups in total. The molecule has 0 spiro atoms. The van der Waals surface area contributed by atoms with E-state index < -0.39 is 15.4 Å². The Morgan fingerprint density at radius 2 is 1.87 bits per heavy atom. The molecule has 2 rings (SSSR count). The smallest absolute Gasteiger partial charge is 0.240 e. The van der Waals surface area contributed by atoms with Crippen molar-refractivity contribution in [1.29, 1.82) is 0 Å². The molecule has 6 heteroatoms. The molecule has 0 radical (unpaired) electrons. The molecule has 0 bridgehead atoms. The third-order valence-corrected chi connectivity index (χ3v) is 5.71. The second-order valence-electron chi connectivity index (χ2n) is 7.06. The van der Waals surface area contributed by atoms with Crippen LogP contribution in [0.2, 0.25) is 0 Å². The monoisotopic (exact) mass is 338 g/mol. The predicted octanol–water partition coefficient (Wildman–Crippen LogP) is 2.57. The number of amides is 1. The highest BCUT2D eigenvalue weighted by molar-refractivity contribution is 7.89. The van der Waals surface area contributed by atoms with Crippen molar-refractivity contribution in [2.24, 2.45) is 5.92 Å². The Kier molecular flexibility index (Phi) is 4.61. The third-order valence-electron chi connectivity index (χ3n) is 4.31. The van der Waals surface area contributed by atoms with Gasteiger partial charge in [0, 0.05) is 13.1 Å². The fourth-order valence-electron chi connectivity index (χ4n) is 2.95. The molecule has 1 heterocycles. The van der Waals surface area contributed by atoms with Crippen LogP contribution in [-0.2, 0) is 20.2 Å². The molecule has 1 amide bonds. The maximum absolute atomic E-state index is 12.6. The van der Waals surface area contributed by atoms with Crippen LogP contribution in [0.4, 0.5) is 5.69 Å². The number of nitrogens with one attached hydrogen (secondary N) is 1. The fraction of sp³-hybridized carbons (Fsp3) is 0.588. The number of benzene rings is 1. The quantitative estimate of drug-likeness (QED) is 0.897. The Hall–Kier alpha value is -1.40. The number of sulfonamides is 1. The van der Waals surface area contributed by atoms with Crippen LogP contribution in [0, 0.1) is 12.8 Å². The highest BCUT2D eigenvalue weighted by atomic mass is 32.2. The van der Waals surface area contributed by atoms with Gasteiger partial charge in [-0.05, 0) is 56.9 Å². The number of aryl methyl sites for hydroxylation is 1. The molecule has 0 unspecified atom stereocenters. The normalized spacial score (nSPS) is 17.0. The number of nitrogens with zero attached hydrogens (tertiary/aromatic N) is 1. The number of carbonyl (C=O) groups is 1. The lowest BCUT2D eigenvalue weighted by atomic mass is 9.85. The van der Waals surface area contributed by atoms with Crippen LogP contribution in [0.25, 0.3) is 0 Å². The Bertz CT molecular complexity index is 736. The van der Waals surface area contributed by atoms with Gasteiger partial charge < -0.3 is 4.90 Å². The van der Waals surface area contributed by atoms with Crippen LogP contribution in [0.15, 0.2) is 17.0 Å². The summed E-state index contributed by atoms with van der Waals surface area (Å²) in [5.74, 6) is 0.247. The number of hydrogen-bond acceptors (Lipinski definition) is 3. The molecule has 0 fully saturated rings. The van der Waals surface area contributed by atoms with Gasteiger partial charge in [-0.2, -0.15) is 0 Å². The maximum atomic E-state index is 12.6. The van der Waals surface area contributed by atoms with Gasteiger partial charge in [-0.15, -0.1) is 0 Å². The summed E-state index contributed by atoms with van der Waals surface area (Å²) in [5, 5.41) is 0. The molecule has 5 nitrogen and oxygen atoms in total. The lowest BCUT2D eigenvalue weighted by Crippen LogP contribution is -2.36. The van der Waals surface area contributed by atoms with Crippen LogP contribution < -0.4 is 9.62 Å². The van der Waals surface area contributed by atoms with E-state index in [2.05, 4.69) is 4.72 Å². The highest BCUT2D eigenvalue weighted by Gasteiger charge is 2.44. The van der Waals surface area contributed by atoms with E-state index in [1.807, 2.05) is 41.5 Å². The first-order valence-corrected chi connectivity index (χ1v) is 9.47. The van der Waals surface area contributed by atoms with E-state index in [4.69, 9.17) is 0 Å². The molecule has 128 valence electrons. The standard InChI is InChI=1S/C17H26N2O3S/c1-7-19-15-12(4)8-13(23(21,22)18-10-11(2)3)9-14(15)17(5,6)16(19)20/h8-9,11,18H,7,10H2,1-6H3. The Labute approximate surface area is 139 Å². The molecule has 23 heavy (non-hydrogen) atoms. The van der Waals surface area contributed by atoms with E-state index in [1.165, 1.54) is 0 Å². The number of anilines is 1. The second-order valence-corrected chi connectivity index (χ2v) is 8.82. The van der Waals surface area contributed by atoms with Crippen LogP contribution in [0.5, 0.6) is 0 Å². The van der Waals surface area contributed by atoms with Gasteiger partial charge in [0.15, 0.2) is 0 Å². The van der Waals surface area contributed by atoms with Crippen molar-refractivity contribution in [3.63, 3.8) is 0 Å². The summed E-state index contributed by atoms with van der Waals surface area (Å²) in [6.45, 7) is 12.4. The van der Waals surface area contributed by atoms with Gasteiger partial charge in [0.1, 0.15) is 0 Å². The molecule has 1 aliphatic rings. The summed E-state index contributed by atoms with van der Waals surface area (Å²) in [6.07, 6.45) is 0. The third kappa shape index (κ3) is 3.02. The highest BCUT2D eigenvalue weighted by Crippen LogP contribution is 2.44. The summed E-state index contributed by atoms with van der Waals surface area (Å²) in [7, 11) is -3.57. The Balaban J connectivity index is 2.56. The molecular weight excluding hydrogens is 312 g/mol. The summed E-state index contributed by atoms with van der Waals surface area (Å²) < 4.78 is 27.7.